The first-order valence-corrected chi connectivity index (χ1v) is 6.25. The number of hydrogen-bond acceptors (Lipinski definition) is 4. The summed E-state index contributed by atoms with van der Waals surface area (Å²) in [4.78, 5) is 6.49. The van der Waals surface area contributed by atoms with Gasteiger partial charge in [-0.1, -0.05) is 5.92 Å². The molecule has 18 heavy (non-hydrogen) atoms. The lowest BCUT2D eigenvalue weighted by Gasteiger charge is -2.31. The topological polar surface area (TPSA) is 37.4 Å². The van der Waals surface area contributed by atoms with Gasteiger partial charge in [0.15, 0.2) is 0 Å². The van der Waals surface area contributed by atoms with Gasteiger partial charge < -0.3 is 10.1 Å². The molecule has 1 aromatic rings. The zero-order chi connectivity index (χ0) is 12.8. The molecule has 4 nitrogen and oxygen atoms in total. The maximum absolute atomic E-state index is 5.32. The van der Waals surface area contributed by atoms with Gasteiger partial charge in [-0.3, -0.25) is 4.90 Å². The third kappa shape index (κ3) is 3.14. The average molecular weight is 245 g/mol. The van der Waals surface area contributed by atoms with Crippen LogP contribution in [-0.2, 0) is 0 Å². The van der Waals surface area contributed by atoms with E-state index >= 15 is 0 Å². The molecular formula is C14H19N3O. The number of piperidine rings is 1. The Balaban J connectivity index is 1.90. The number of hydrogen-bond donors (Lipinski definition) is 1. The van der Waals surface area contributed by atoms with Gasteiger partial charge >= 0.3 is 0 Å². The maximum atomic E-state index is 5.32. The van der Waals surface area contributed by atoms with Gasteiger partial charge in [0, 0.05) is 25.3 Å². The minimum absolute atomic E-state index is 0.470. The van der Waals surface area contributed by atoms with Crippen molar-refractivity contribution in [3.05, 3.63) is 18.3 Å². The van der Waals surface area contributed by atoms with Crippen LogP contribution in [0.4, 0.5) is 5.69 Å². The normalized spacial score (nSPS) is 17.1. The standard InChI is InChI=1S/C14H19N3O/c1-3-9-17-10-6-12(7-11-17)16-13-5-4-8-15-14(13)18-2/h1,4-5,8,12,16H,6-7,9-11H2,2H3. The highest BCUT2D eigenvalue weighted by atomic mass is 16.5. The van der Waals surface area contributed by atoms with E-state index in [1.807, 2.05) is 12.1 Å². The van der Waals surface area contributed by atoms with Crippen molar-refractivity contribution < 1.29 is 4.74 Å². The van der Waals surface area contributed by atoms with Gasteiger partial charge in [0.2, 0.25) is 5.88 Å². The molecule has 4 heteroatoms. The predicted octanol–water partition coefficient (Wildman–Crippen LogP) is 1.60. The number of rotatable bonds is 4. The minimum Gasteiger partial charge on any atom is -0.480 e. The summed E-state index contributed by atoms with van der Waals surface area (Å²) in [5, 5.41) is 3.50. The SMILES string of the molecule is C#CCN1CCC(Nc2cccnc2OC)CC1. The van der Waals surface area contributed by atoms with Crippen LogP contribution in [0.1, 0.15) is 12.8 Å². The highest BCUT2D eigenvalue weighted by Gasteiger charge is 2.19. The van der Waals surface area contributed by atoms with E-state index in [0.717, 1.165) is 38.2 Å². The van der Waals surface area contributed by atoms with Crippen LogP contribution >= 0.6 is 0 Å². The smallest absolute Gasteiger partial charge is 0.237 e. The molecule has 0 aliphatic carbocycles. The number of anilines is 1. The van der Waals surface area contributed by atoms with Crippen molar-refractivity contribution in [2.24, 2.45) is 0 Å². The number of nitrogens with zero attached hydrogens (tertiary/aromatic N) is 2. The number of methoxy groups -OCH3 is 1. The lowest BCUT2D eigenvalue weighted by atomic mass is 10.0. The Morgan fingerprint density at radius 3 is 3.00 bits per heavy atom. The van der Waals surface area contributed by atoms with Crippen molar-refractivity contribution in [2.45, 2.75) is 18.9 Å². The zero-order valence-corrected chi connectivity index (χ0v) is 10.7. The molecule has 1 N–H and O–H groups in total. The molecule has 96 valence electrons. The van der Waals surface area contributed by atoms with E-state index in [9.17, 15) is 0 Å². The van der Waals surface area contributed by atoms with Crippen LogP contribution in [-0.4, -0.2) is 42.7 Å². The van der Waals surface area contributed by atoms with Crippen LogP contribution < -0.4 is 10.1 Å². The number of ether oxygens (including phenoxy) is 1. The lowest BCUT2D eigenvalue weighted by molar-refractivity contribution is 0.243. The van der Waals surface area contributed by atoms with Gasteiger partial charge in [-0.15, -0.1) is 6.42 Å². The van der Waals surface area contributed by atoms with Crippen LogP contribution in [0.5, 0.6) is 5.88 Å². The Morgan fingerprint density at radius 1 is 1.56 bits per heavy atom. The van der Waals surface area contributed by atoms with Crippen LogP contribution in [0.3, 0.4) is 0 Å². The molecule has 1 fully saturated rings. The largest absolute Gasteiger partial charge is 0.480 e. The molecule has 0 spiro atoms. The second-order valence-corrected chi connectivity index (χ2v) is 4.46. The third-order valence-electron chi connectivity index (χ3n) is 3.23. The minimum atomic E-state index is 0.470. The van der Waals surface area contributed by atoms with Crippen molar-refractivity contribution >= 4 is 5.69 Å². The average Bonchev–Trinajstić information content (AvgIpc) is 2.42. The van der Waals surface area contributed by atoms with Crippen molar-refractivity contribution in [3.8, 4) is 18.2 Å². The molecule has 0 aromatic carbocycles. The molecule has 2 rings (SSSR count). The van der Waals surface area contributed by atoms with E-state index in [0.29, 0.717) is 11.9 Å². The number of aromatic nitrogens is 1. The highest BCUT2D eigenvalue weighted by Crippen LogP contribution is 2.23. The summed E-state index contributed by atoms with van der Waals surface area (Å²) in [6, 6.07) is 4.38. The summed E-state index contributed by atoms with van der Waals surface area (Å²) in [5.74, 6) is 3.35. The summed E-state index contributed by atoms with van der Waals surface area (Å²) in [7, 11) is 1.64. The van der Waals surface area contributed by atoms with E-state index in [2.05, 4.69) is 21.1 Å². The van der Waals surface area contributed by atoms with Gasteiger partial charge in [-0.25, -0.2) is 4.98 Å². The van der Waals surface area contributed by atoms with Crippen molar-refractivity contribution in [1.29, 1.82) is 0 Å². The number of pyridine rings is 1. The van der Waals surface area contributed by atoms with Crippen molar-refractivity contribution in [2.75, 3.05) is 32.1 Å². The number of nitrogens with one attached hydrogen (secondary N) is 1. The summed E-state index contributed by atoms with van der Waals surface area (Å²) in [6.07, 6.45) is 9.25. The van der Waals surface area contributed by atoms with E-state index < -0.39 is 0 Å². The molecule has 0 bridgehead atoms. The fourth-order valence-corrected chi connectivity index (χ4v) is 2.25. The third-order valence-corrected chi connectivity index (χ3v) is 3.23. The Morgan fingerprint density at radius 2 is 2.33 bits per heavy atom. The summed E-state index contributed by atoms with van der Waals surface area (Å²) >= 11 is 0. The first-order valence-electron chi connectivity index (χ1n) is 6.25. The molecule has 1 aliphatic rings. The molecule has 0 unspecified atom stereocenters. The quantitative estimate of drug-likeness (QED) is 0.818. The van der Waals surface area contributed by atoms with Crippen LogP contribution in [0.15, 0.2) is 18.3 Å². The van der Waals surface area contributed by atoms with Gasteiger partial charge in [0.1, 0.15) is 0 Å². The number of likely N-dealkylation sites (tertiary alicyclic amines) is 1. The molecule has 0 saturated carbocycles. The molecule has 1 aliphatic heterocycles. The fraction of sp³-hybridized carbons (Fsp3) is 0.500. The Hall–Kier alpha value is -1.73. The fourth-order valence-electron chi connectivity index (χ4n) is 2.25. The second kappa shape index (κ2) is 6.27. The van der Waals surface area contributed by atoms with Gasteiger partial charge in [0.25, 0.3) is 0 Å². The van der Waals surface area contributed by atoms with Crippen molar-refractivity contribution in [1.82, 2.24) is 9.88 Å². The molecule has 0 amide bonds. The van der Waals surface area contributed by atoms with Crippen LogP contribution in [0.25, 0.3) is 0 Å². The predicted molar refractivity (Wildman–Crippen MR) is 72.7 cm³/mol. The zero-order valence-electron chi connectivity index (χ0n) is 10.7. The molecular weight excluding hydrogens is 226 g/mol. The van der Waals surface area contributed by atoms with Crippen LogP contribution in [0, 0.1) is 12.3 Å². The lowest BCUT2D eigenvalue weighted by Crippen LogP contribution is -2.39. The van der Waals surface area contributed by atoms with Gasteiger partial charge in [-0.05, 0) is 25.0 Å². The first kappa shape index (κ1) is 12.7. The first-order chi connectivity index (χ1) is 8.83. The number of terminal acetylenes is 1. The molecule has 0 atom stereocenters. The Kier molecular flexibility index (Phi) is 4.43. The van der Waals surface area contributed by atoms with E-state index in [4.69, 9.17) is 11.2 Å². The Bertz CT molecular complexity index is 419. The summed E-state index contributed by atoms with van der Waals surface area (Å²) < 4.78 is 5.24. The van der Waals surface area contributed by atoms with Crippen molar-refractivity contribution in [3.63, 3.8) is 0 Å². The van der Waals surface area contributed by atoms with E-state index in [-0.39, 0.29) is 0 Å². The highest BCUT2D eigenvalue weighted by molar-refractivity contribution is 5.52. The molecule has 1 aromatic heterocycles. The second-order valence-electron chi connectivity index (χ2n) is 4.46. The van der Waals surface area contributed by atoms with E-state index in [1.54, 1.807) is 13.3 Å². The van der Waals surface area contributed by atoms with Crippen LogP contribution in [0.2, 0.25) is 0 Å². The monoisotopic (exact) mass is 245 g/mol. The van der Waals surface area contributed by atoms with Gasteiger partial charge in [-0.2, -0.15) is 0 Å². The molecule has 2 heterocycles. The van der Waals surface area contributed by atoms with E-state index in [1.165, 1.54) is 0 Å². The van der Waals surface area contributed by atoms with Gasteiger partial charge in [0.05, 0.1) is 19.3 Å². The summed E-state index contributed by atoms with van der Waals surface area (Å²) in [5.41, 5.74) is 0.968. The molecule has 0 radical (unpaired) electrons. The molecule has 1 saturated heterocycles. The summed E-state index contributed by atoms with van der Waals surface area (Å²) in [6.45, 7) is 2.85. The maximum Gasteiger partial charge on any atom is 0.237 e. The Labute approximate surface area is 108 Å².